The van der Waals surface area contributed by atoms with Crippen molar-refractivity contribution in [2.24, 2.45) is 7.05 Å². The molecular weight excluding hydrogens is 400 g/mol. The van der Waals surface area contributed by atoms with Crippen molar-refractivity contribution in [2.75, 3.05) is 0 Å². The highest BCUT2D eigenvalue weighted by Crippen LogP contribution is 2.26. The molecule has 1 aliphatic heterocycles. The molecule has 3 rings (SSSR count). The van der Waals surface area contributed by atoms with Crippen molar-refractivity contribution in [1.82, 2.24) is 20.4 Å². The first-order valence-corrected chi connectivity index (χ1v) is 9.23. The summed E-state index contributed by atoms with van der Waals surface area (Å²) in [5, 5.41) is 10.1. The van der Waals surface area contributed by atoms with Crippen molar-refractivity contribution in [3.05, 3.63) is 46.7 Å². The van der Waals surface area contributed by atoms with Crippen molar-refractivity contribution in [2.45, 2.75) is 38.0 Å². The fourth-order valence-electron chi connectivity index (χ4n) is 2.96. The Labute approximate surface area is 160 Å². The van der Waals surface area contributed by atoms with Crippen LogP contribution in [0.4, 0.5) is 0 Å². The highest BCUT2D eigenvalue weighted by atomic mass is 79.9. The minimum absolute atomic E-state index is 0.0260. The summed E-state index contributed by atoms with van der Waals surface area (Å²) in [7, 11) is 1.81. The van der Waals surface area contributed by atoms with Crippen molar-refractivity contribution in [3.63, 3.8) is 0 Å². The molecule has 8 heteroatoms. The monoisotopic (exact) mass is 420 g/mol. The molecular formula is C18H21BrN4O3. The lowest BCUT2D eigenvalue weighted by Crippen LogP contribution is -2.52. The van der Waals surface area contributed by atoms with Gasteiger partial charge < -0.3 is 15.4 Å². The third-order valence-corrected chi connectivity index (χ3v) is 4.98. The van der Waals surface area contributed by atoms with Crippen LogP contribution in [0.2, 0.25) is 0 Å². The summed E-state index contributed by atoms with van der Waals surface area (Å²) in [6, 6.07) is 6.87. The predicted octanol–water partition coefficient (Wildman–Crippen LogP) is 2.09. The number of aromatic nitrogens is 2. The van der Waals surface area contributed by atoms with Crippen LogP contribution in [0.25, 0.3) is 0 Å². The average Bonchev–Trinajstić information content (AvgIpc) is 3.04. The zero-order chi connectivity index (χ0) is 18.7. The molecule has 3 atom stereocenters. The van der Waals surface area contributed by atoms with Crippen LogP contribution in [0.15, 0.2) is 41.1 Å². The second-order valence-corrected chi connectivity index (χ2v) is 7.19. The molecule has 1 aromatic heterocycles. The van der Waals surface area contributed by atoms with Gasteiger partial charge in [-0.05, 0) is 41.4 Å². The number of nitrogens with zero attached hydrogens (tertiary/aromatic N) is 2. The van der Waals surface area contributed by atoms with Crippen LogP contribution in [0.3, 0.4) is 0 Å². The van der Waals surface area contributed by atoms with Gasteiger partial charge in [0.1, 0.15) is 5.75 Å². The summed E-state index contributed by atoms with van der Waals surface area (Å²) in [6.45, 7) is 1.70. The lowest BCUT2D eigenvalue weighted by molar-refractivity contribution is -0.130. The molecule has 26 heavy (non-hydrogen) atoms. The number of amides is 2. The molecule has 2 amide bonds. The quantitative estimate of drug-likeness (QED) is 0.775. The molecule has 0 saturated carbocycles. The summed E-state index contributed by atoms with van der Waals surface area (Å²) >= 11 is 3.41. The number of para-hydroxylation sites is 1. The number of piperidine rings is 1. The lowest BCUT2D eigenvalue weighted by Gasteiger charge is -2.33. The maximum atomic E-state index is 12.6. The van der Waals surface area contributed by atoms with E-state index in [-0.39, 0.29) is 23.9 Å². The normalized spacial score (nSPS) is 21.0. The number of aryl methyl sites for hydroxylation is 1. The smallest absolute Gasteiger partial charge is 0.261 e. The molecule has 138 valence electrons. The van der Waals surface area contributed by atoms with Crippen molar-refractivity contribution >= 4 is 27.7 Å². The molecule has 1 aliphatic rings. The van der Waals surface area contributed by atoms with Gasteiger partial charge in [-0.25, -0.2) is 0 Å². The Morgan fingerprint density at radius 3 is 2.92 bits per heavy atom. The van der Waals surface area contributed by atoms with Gasteiger partial charge >= 0.3 is 0 Å². The van der Waals surface area contributed by atoms with E-state index < -0.39 is 6.10 Å². The number of carbonyl (C=O) groups excluding carboxylic acids is 2. The Hall–Kier alpha value is -2.35. The van der Waals surface area contributed by atoms with Crippen LogP contribution in [0.5, 0.6) is 5.75 Å². The molecule has 2 heterocycles. The molecule has 0 radical (unpaired) electrons. The van der Waals surface area contributed by atoms with Crippen LogP contribution < -0.4 is 15.4 Å². The fraction of sp³-hybridized carbons (Fsp3) is 0.389. The fourth-order valence-corrected chi connectivity index (χ4v) is 3.33. The highest BCUT2D eigenvalue weighted by Gasteiger charge is 2.33. The number of benzene rings is 1. The van der Waals surface area contributed by atoms with E-state index in [9.17, 15) is 9.59 Å². The molecule has 0 bridgehead atoms. The molecule has 1 aromatic carbocycles. The van der Waals surface area contributed by atoms with Gasteiger partial charge in [-0.15, -0.1) is 0 Å². The number of ether oxygens (including phenoxy) is 1. The van der Waals surface area contributed by atoms with Crippen LogP contribution in [-0.2, 0) is 16.6 Å². The average molecular weight is 421 g/mol. The maximum absolute atomic E-state index is 12.6. The highest BCUT2D eigenvalue weighted by molar-refractivity contribution is 9.10. The number of rotatable bonds is 5. The standard InChI is InChI=1S/C18H21BrN4O3/c1-11(26-15-6-4-3-5-13(15)19)18(25)21-14-7-8-16(24)22-17(14)12-9-20-23(2)10-12/h3-6,9-11,14,17H,7-8H2,1-2H3,(H,21,25)(H,22,24)/t11-,14-,17-/m0/s1. The van der Waals surface area contributed by atoms with E-state index >= 15 is 0 Å². The van der Waals surface area contributed by atoms with Crippen molar-refractivity contribution in [1.29, 1.82) is 0 Å². The summed E-state index contributed by atoms with van der Waals surface area (Å²) in [6.07, 6.45) is 3.83. The van der Waals surface area contributed by atoms with E-state index in [4.69, 9.17) is 4.74 Å². The molecule has 7 nitrogen and oxygen atoms in total. The summed E-state index contributed by atoms with van der Waals surface area (Å²) in [4.78, 5) is 24.4. The molecule has 0 spiro atoms. The first-order chi connectivity index (χ1) is 12.4. The van der Waals surface area contributed by atoms with E-state index in [0.29, 0.717) is 18.6 Å². The second kappa shape index (κ2) is 7.90. The van der Waals surface area contributed by atoms with Gasteiger partial charge in [0.05, 0.1) is 22.8 Å². The lowest BCUT2D eigenvalue weighted by atomic mass is 9.93. The topological polar surface area (TPSA) is 85.2 Å². The Balaban J connectivity index is 1.68. The zero-order valence-corrected chi connectivity index (χ0v) is 16.2. The third kappa shape index (κ3) is 4.24. The summed E-state index contributed by atoms with van der Waals surface area (Å²) < 4.78 is 8.22. The van der Waals surface area contributed by atoms with Gasteiger partial charge in [-0.3, -0.25) is 14.3 Å². The van der Waals surface area contributed by atoms with Gasteiger partial charge in [0.25, 0.3) is 5.91 Å². The van der Waals surface area contributed by atoms with Crippen LogP contribution in [0, 0.1) is 0 Å². The van der Waals surface area contributed by atoms with Crippen molar-refractivity contribution in [3.8, 4) is 5.75 Å². The molecule has 2 aromatic rings. The van der Waals surface area contributed by atoms with Crippen LogP contribution in [0.1, 0.15) is 31.4 Å². The maximum Gasteiger partial charge on any atom is 0.261 e. The van der Waals surface area contributed by atoms with E-state index in [1.54, 1.807) is 23.9 Å². The van der Waals surface area contributed by atoms with Gasteiger partial charge in [0.15, 0.2) is 6.10 Å². The second-order valence-electron chi connectivity index (χ2n) is 6.34. The minimum Gasteiger partial charge on any atom is -0.480 e. The Kier molecular flexibility index (Phi) is 5.61. The molecule has 2 N–H and O–H groups in total. The number of hydrogen-bond donors (Lipinski definition) is 2. The Morgan fingerprint density at radius 1 is 1.46 bits per heavy atom. The summed E-state index contributed by atoms with van der Waals surface area (Å²) in [5.41, 5.74) is 0.866. The van der Waals surface area contributed by atoms with E-state index in [1.807, 2.05) is 31.4 Å². The first kappa shape index (κ1) is 18.4. The molecule has 0 aliphatic carbocycles. The van der Waals surface area contributed by atoms with E-state index in [0.717, 1.165) is 10.0 Å². The van der Waals surface area contributed by atoms with Crippen molar-refractivity contribution < 1.29 is 14.3 Å². The molecule has 0 unspecified atom stereocenters. The minimum atomic E-state index is -0.666. The van der Waals surface area contributed by atoms with E-state index in [2.05, 4.69) is 31.7 Å². The number of hydrogen-bond acceptors (Lipinski definition) is 4. The molecule has 1 fully saturated rings. The molecule has 1 saturated heterocycles. The van der Waals surface area contributed by atoms with Crippen LogP contribution in [-0.4, -0.2) is 33.7 Å². The summed E-state index contributed by atoms with van der Waals surface area (Å²) in [5.74, 6) is 0.355. The Bertz CT molecular complexity index is 807. The van der Waals surface area contributed by atoms with E-state index in [1.165, 1.54) is 0 Å². The third-order valence-electron chi connectivity index (χ3n) is 4.32. The number of nitrogens with one attached hydrogen (secondary N) is 2. The number of carbonyl (C=O) groups is 2. The van der Waals surface area contributed by atoms with Gasteiger partial charge in [-0.1, -0.05) is 12.1 Å². The van der Waals surface area contributed by atoms with Crippen LogP contribution >= 0.6 is 15.9 Å². The zero-order valence-electron chi connectivity index (χ0n) is 14.6. The number of halogens is 1. The largest absolute Gasteiger partial charge is 0.480 e. The Morgan fingerprint density at radius 2 is 2.23 bits per heavy atom. The first-order valence-electron chi connectivity index (χ1n) is 8.43. The van der Waals surface area contributed by atoms with Gasteiger partial charge in [-0.2, -0.15) is 5.10 Å². The predicted molar refractivity (Wildman–Crippen MR) is 99.5 cm³/mol. The van der Waals surface area contributed by atoms with Gasteiger partial charge in [0.2, 0.25) is 5.91 Å². The van der Waals surface area contributed by atoms with Gasteiger partial charge in [0, 0.05) is 25.2 Å². The SMILES string of the molecule is C[C@H](Oc1ccccc1Br)C(=O)N[C@H]1CCC(=O)N[C@H]1c1cnn(C)c1.